The number of alkyl carbamates (subject to hydrolysis) is 1. The van der Waals surface area contributed by atoms with Gasteiger partial charge in [0.2, 0.25) is 11.8 Å². The average molecular weight is 914 g/mol. The molecule has 0 radical (unpaired) electrons. The standard InChI is InChI=1S/C38H44BrF3N6O10S/c1-8-19-15-37(19,32(51)52)47-30(49)24-13-20(16-48(24)31(50)29(36(4,5)6)45-34(53)56-12-11-38(40,41)42)58-26-14-22(43-28-21(26)9-10-25(55-7)27(28)39)23-17-59-33(44-23)46-35(54)57-18(2)3/h8-10,14,17-20,24,29H,1,11-13,15-16H2,2-7H3,(H,45,53)(H,47,49)(H,51,52)(H,44,46,54)/t19-,20-,24+,29-,37-/m1/s1. The molecule has 1 aromatic carbocycles. The Hall–Kier alpha value is -5.18. The van der Waals surface area contributed by atoms with Crippen molar-refractivity contribution in [3.05, 3.63) is 40.7 Å². The smallest absolute Gasteiger partial charge is 0.413 e. The van der Waals surface area contributed by atoms with Gasteiger partial charge < -0.3 is 39.6 Å². The van der Waals surface area contributed by atoms with Gasteiger partial charge in [-0.1, -0.05) is 26.8 Å². The molecule has 0 spiro atoms. The SMILES string of the molecule is C=C[C@@H]1C[C@]1(NC(=O)[C@@H]1C[C@@H](Oc2cc(-c3csc(NC(=O)OC(C)C)n3)nc3c(Br)c(OC)ccc23)CN1C(=O)[C@@H](NC(=O)OCCC(F)(F)F)C(C)(C)C)C(=O)O. The van der Waals surface area contributed by atoms with Crippen molar-refractivity contribution in [1.29, 1.82) is 0 Å². The van der Waals surface area contributed by atoms with E-state index in [1.807, 2.05) is 0 Å². The highest BCUT2D eigenvalue weighted by atomic mass is 79.9. The predicted octanol–water partition coefficient (Wildman–Crippen LogP) is 6.67. The molecule has 5 rings (SSSR count). The van der Waals surface area contributed by atoms with Crippen LogP contribution in [0.1, 0.15) is 53.9 Å². The topological polar surface area (TPSA) is 208 Å². The van der Waals surface area contributed by atoms with Crippen molar-refractivity contribution >= 4 is 73.3 Å². The second kappa shape index (κ2) is 17.6. The molecular weight excluding hydrogens is 869 g/mol. The van der Waals surface area contributed by atoms with Crippen LogP contribution in [0.15, 0.2) is 40.7 Å². The Morgan fingerprint density at radius 3 is 2.42 bits per heavy atom. The summed E-state index contributed by atoms with van der Waals surface area (Å²) in [7, 11) is 1.48. The van der Waals surface area contributed by atoms with Gasteiger partial charge in [0, 0.05) is 29.2 Å². The van der Waals surface area contributed by atoms with Crippen LogP contribution in [0.4, 0.5) is 27.9 Å². The number of fused-ring (bicyclic) bond motifs is 1. The van der Waals surface area contributed by atoms with Crippen LogP contribution in [0.5, 0.6) is 11.5 Å². The average Bonchev–Trinajstić information content (AvgIpc) is 3.41. The zero-order valence-corrected chi connectivity index (χ0v) is 35.3. The molecule has 1 aliphatic heterocycles. The molecular formula is C38H44BrF3N6O10S. The quantitative estimate of drug-likeness (QED) is 0.125. The van der Waals surface area contributed by atoms with Crippen LogP contribution in [-0.2, 0) is 23.9 Å². The number of benzene rings is 1. The van der Waals surface area contributed by atoms with Gasteiger partial charge in [-0.3, -0.25) is 14.9 Å². The number of carbonyl (C=O) groups is 5. The van der Waals surface area contributed by atoms with E-state index in [1.165, 1.54) is 13.2 Å². The molecule has 320 valence electrons. The number of aromatic nitrogens is 2. The van der Waals surface area contributed by atoms with Crippen LogP contribution < -0.4 is 25.4 Å². The van der Waals surface area contributed by atoms with Gasteiger partial charge in [0.25, 0.3) is 0 Å². The third kappa shape index (κ3) is 10.5. The summed E-state index contributed by atoms with van der Waals surface area (Å²) in [6.07, 6.45) is -7.89. The van der Waals surface area contributed by atoms with Crippen molar-refractivity contribution in [1.82, 2.24) is 25.5 Å². The summed E-state index contributed by atoms with van der Waals surface area (Å²) in [4.78, 5) is 76.2. The van der Waals surface area contributed by atoms with Gasteiger partial charge in [-0.15, -0.1) is 17.9 Å². The fraction of sp³-hybridized carbons (Fsp3) is 0.500. The van der Waals surface area contributed by atoms with Crippen LogP contribution in [-0.4, -0.2) is 106 Å². The van der Waals surface area contributed by atoms with Gasteiger partial charge in [-0.05, 0) is 53.7 Å². The Bertz CT molecular complexity index is 2130. The number of alkyl halides is 3. The molecule has 1 aliphatic carbocycles. The third-order valence-corrected chi connectivity index (χ3v) is 11.1. The highest BCUT2D eigenvalue weighted by molar-refractivity contribution is 9.10. The maximum atomic E-state index is 14.4. The first-order valence-electron chi connectivity index (χ1n) is 18.3. The second-order valence-electron chi connectivity index (χ2n) is 15.3. The van der Waals surface area contributed by atoms with Gasteiger partial charge in [0.15, 0.2) is 5.13 Å². The monoisotopic (exact) mass is 912 g/mol. The fourth-order valence-corrected chi connectivity index (χ4v) is 7.77. The lowest BCUT2D eigenvalue weighted by Crippen LogP contribution is -2.59. The zero-order valence-electron chi connectivity index (χ0n) is 32.9. The van der Waals surface area contributed by atoms with E-state index in [-0.39, 0.29) is 36.4 Å². The lowest BCUT2D eigenvalue weighted by Gasteiger charge is -2.35. The predicted molar refractivity (Wildman–Crippen MR) is 212 cm³/mol. The number of carbonyl (C=O) groups excluding carboxylic acids is 4. The molecule has 0 bridgehead atoms. The first-order chi connectivity index (χ1) is 27.6. The summed E-state index contributed by atoms with van der Waals surface area (Å²) in [5.41, 5.74) is -1.63. The van der Waals surface area contributed by atoms with E-state index in [4.69, 9.17) is 23.9 Å². The summed E-state index contributed by atoms with van der Waals surface area (Å²) in [5, 5.41) is 20.0. The van der Waals surface area contributed by atoms with Crippen molar-refractivity contribution in [2.45, 2.75) is 89.9 Å². The number of carboxylic acid groups (broad SMARTS) is 1. The summed E-state index contributed by atoms with van der Waals surface area (Å²) < 4.78 is 60.7. The fourth-order valence-electron chi connectivity index (χ4n) is 6.48. The minimum Gasteiger partial charge on any atom is -0.495 e. The molecule has 5 atom stereocenters. The van der Waals surface area contributed by atoms with Crippen LogP contribution in [0.2, 0.25) is 0 Å². The highest BCUT2D eigenvalue weighted by Crippen LogP contribution is 2.45. The molecule has 1 saturated carbocycles. The lowest BCUT2D eigenvalue weighted by molar-refractivity contribution is -0.146. The number of halogens is 4. The summed E-state index contributed by atoms with van der Waals surface area (Å²) in [5.74, 6) is -2.75. The normalized spacial score (nSPS) is 20.7. The van der Waals surface area contributed by atoms with Crippen molar-refractivity contribution in [3.8, 4) is 22.9 Å². The summed E-state index contributed by atoms with van der Waals surface area (Å²) in [6, 6.07) is 2.25. The number of pyridine rings is 1. The van der Waals surface area contributed by atoms with Crippen molar-refractivity contribution < 1.29 is 61.2 Å². The Labute approximate surface area is 349 Å². The number of amides is 4. The van der Waals surface area contributed by atoms with E-state index >= 15 is 0 Å². The second-order valence-corrected chi connectivity index (χ2v) is 17.0. The van der Waals surface area contributed by atoms with Gasteiger partial charge in [0.1, 0.15) is 47.5 Å². The molecule has 2 fully saturated rings. The first-order valence-corrected chi connectivity index (χ1v) is 20.0. The number of hydrogen-bond donors (Lipinski definition) is 4. The molecule has 4 N–H and O–H groups in total. The lowest BCUT2D eigenvalue weighted by atomic mass is 9.85. The van der Waals surface area contributed by atoms with Gasteiger partial charge >= 0.3 is 24.3 Å². The number of nitrogens with zero attached hydrogens (tertiary/aromatic N) is 3. The number of aliphatic carboxylic acids is 1. The number of likely N-dealkylation sites (tertiary alicyclic amines) is 1. The van der Waals surface area contributed by atoms with E-state index in [0.717, 1.165) is 16.2 Å². The van der Waals surface area contributed by atoms with E-state index in [0.29, 0.717) is 32.5 Å². The number of anilines is 1. The van der Waals surface area contributed by atoms with Crippen molar-refractivity contribution in [3.63, 3.8) is 0 Å². The number of thiazole rings is 1. The van der Waals surface area contributed by atoms with Gasteiger partial charge in [-0.2, -0.15) is 13.2 Å². The Morgan fingerprint density at radius 2 is 1.83 bits per heavy atom. The minimum absolute atomic E-state index is 0.0744. The van der Waals surface area contributed by atoms with E-state index in [9.17, 15) is 42.3 Å². The number of rotatable bonds is 14. The molecule has 21 heteroatoms. The highest BCUT2D eigenvalue weighted by Gasteiger charge is 2.61. The summed E-state index contributed by atoms with van der Waals surface area (Å²) >= 11 is 4.68. The molecule has 4 amide bonds. The number of hydrogen-bond acceptors (Lipinski definition) is 12. The Kier molecular flexibility index (Phi) is 13.4. The number of methoxy groups -OCH3 is 1. The molecule has 3 aromatic rings. The Balaban J connectivity index is 1.50. The maximum Gasteiger partial charge on any atom is 0.413 e. The molecule has 3 heterocycles. The van der Waals surface area contributed by atoms with Gasteiger partial charge in [0.05, 0.1) is 41.9 Å². The minimum atomic E-state index is -4.59. The molecule has 59 heavy (non-hydrogen) atoms. The van der Waals surface area contributed by atoms with Crippen molar-refractivity contribution in [2.75, 3.05) is 25.6 Å². The van der Waals surface area contributed by atoms with Crippen LogP contribution in [0.25, 0.3) is 22.3 Å². The molecule has 0 unspecified atom stereocenters. The molecule has 2 aromatic heterocycles. The van der Waals surface area contributed by atoms with Crippen LogP contribution in [0, 0.1) is 11.3 Å². The largest absolute Gasteiger partial charge is 0.495 e. The van der Waals surface area contributed by atoms with Gasteiger partial charge in [-0.25, -0.2) is 24.4 Å². The number of carboxylic acids is 1. The van der Waals surface area contributed by atoms with Crippen molar-refractivity contribution in [2.24, 2.45) is 11.3 Å². The third-order valence-electron chi connectivity index (χ3n) is 9.55. The van der Waals surface area contributed by atoms with Crippen LogP contribution in [0.3, 0.4) is 0 Å². The number of nitrogens with one attached hydrogen (secondary N) is 3. The maximum absolute atomic E-state index is 14.4. The summed E-state index contributed by atoms with van der Waals surface area (Å²) in [6.45, 7) is 10.6. The van der Waals surface area contributed by atoms with E-state index in [2.05, 4.69) is 43.4 Å². The molecule has 2 aliphatic rings. The first kappa shape index (κ1) is 44.9. The Morgan fingerprint density at radius 1 is 1.12 bits per heavy atom. The number of ether oxygens (including phenoxy) is 4. The van der Waals surface area contributed by atoms with E-state index < -0.39 is 84.2 Å². The molecule has 1 saturated heterocycles. The van der Waals surface area contributed by atoms with E-state index in [1.54, 1.807) is 58.2 Å². The zero-order chi connectivity index (χ0) is 43.6. The van der Waals surface area contributed by atoms with Crippen LogP contribution >= 0.6 is 27.3 Å². The molecule has 16 nitrogen and oxygen atoms in total.